The second-order valence-electron chi connectivity index (χ2n) is 7.01. The smallest absolute Gasteiger partial charge is 0.304 e. The molecule has 0 N–H and O–H groups in total. The first-order chi connectivity index (χ1) is 11.5. The van der Waals surface area contributed by atoms with Crippen LogP contribution in [0.1, 0.15) is 11.6 Å². The molecule has 26 heavy (non-hydrogen) atoms. The molecule has 0 amide bonds. The van der Waals surface area contributed by atoms with Crippen molar-refractivity contribution < 1.29 is 34.1 Å². The van der Waals surface area contributed by atoms with E-state index in [2.05, 4.69) is 58.0 Å². The van der Waals surface area contributed by atoms with Crippen molar-refractivity contribution >= 4 is 23.2 Å². The summed E-state index contributed by atoms with van der Waals surface area (Å²) in [7, 11) is 4.31. The predicted molar refractivity (Wildman–Crippen MR) is 102 cm³/mol. The summed E-state index contributed by atoms with van der Waals surface area (Å²) >= 11 is 14.1. The Morgan fingerprint density at radius 2 is 1.35 bits per heavy atom. The number of nitrogens with zero attached hydrogens (tertiary/aromatic N) is 4. The van der Waals surface area contributed by atoms with Crippen LogP contribution in [0.25, 0.3) is 0 Å². The third-order valence-corrected chi connectivity index (χ3v) is 6.20. The summed E-state index contributed by atoms with van der Waals surface area (Å²) in [5.41, 5.74) is 1.17. The Kier molecular flexibility index (Phi) is 10.5. The number of rotatable bonds is 1. The molecule has 2 fully saturated rings. The molecule has 2 bridgehead atoms. The monoisotopic (exact) mass is 480 g/mol. The van der Waals surface area contributed by atoms with Gasteiger partial charge in [-0.1, -0.05) is 53.5 Å². The zero-order valence-electron chi connectivity index (χ0n) is 15.4. The van der Waals surface area contributed by atoms with Gasteiger partial charge in [-0.25, -0.2) is 0 Å². The van der Waals surface area contributed by atoms with Crippen molar-refractivity contribution in [1.82, 2.24) is 19.6 Å². The Bertz CT molecular complexity index is 535. The van der Waals surface area contributed by atoms with Gasteiger partial charge in [-0.3, -0.25) is 14.7 Å². The van der Waals surface area contributed by atoms with Crippen molar-refractivity contribution in [3.05, 3.63) is 35.9 Å². The normalized spacial score (nSPS) is 30.4. The molecule has 2 radical (unpaired) electrons. The average Bonchev–Trinajstić information content (AvgIpc) is 2.67. The molecule has 4 nitrogen and oxygen atoms in total. The molecular formula is C18H28Cl2Mn2N4+4. The average molecular weight is 481 g/mol. The van der Waals surface area contributed by atoms with Gasteiger partial charge in [0.1, 0.15) is 0 Å². The van der Waals surface area contributed by atoms with Crippen LogP contribution >= 0.6 is 23.2 Å². The van der Waals surface area contributed by atoms with E-state index < -0.39 is 4.46 Å². The molecule has 3 atom stereocenters. The topological polar surface area (TPSA) is 13.0 Å². The number of hydrogen-bond donors (Lipinski definition) is 0. The molecule has 3 unspecified atom stereocenters. The summed E-state index contributed by atoms with van der Waals surface area (Å²) in [6.07, 6.45) is 0. The fourth-order valence-corrected chi connectivity index (χ4v) is 4.60. The first kappa shape index (κ1) is 24.7. The maximum absolute atomic E-state index is 7.05. The summed E-state index contributed by atoms with van der Waals surface area (Å²) in [5.74, 6) is 0. The van der Waals surface area contributed by atoms with Crippen LogP contribution in [0.4, 0.5) is 0 Å². The van der Waals surface area contributed by atoms with Crippen LogP contribution in [0.2, 0.25) is 0 Å². The standard InChI is InChI=1S/C18H28Cl2N4.2Mn/c1-21-8-11-23-12-10-22(2)17(16-6-4-3-5-7-16)18(19,20)24(14-9-21)15-13-23;;/h3-7,17H,8-15H2,1-2H3;;/q;2*+2. The van der Waals surface area contributed by atoms with Gasteiger partial charge >= 0.3 is 34.1 Å². The molecular weight excluding hydrogens is 453 g/mol. The summed E-state index contributed by atoms with van der Waals surface area (Å²) in [5, 5.41) is 0. The molecule has 0 aromatic heterocycles. The van der Waals surface area contributed by atoms with Gasteiger partial charge in [-0.2, -0.15) is 0 Å². The second-order valence-corrected chi connectivity index (χ2v) is 8.36. The molecule has 0 aliphatic carbocycles. The maximum atomic E-state index is 7.05. The first-order valence-electron chi connectivity index (χ1n) is 8.77. The van der Waals surface area contributed by atoms with Gasteiger partial charge in [0.25, 0.3) is 0 Å². The number of likely N-dealkylation sites (N-methyl/N-ethyl adjacent to an activating group) is 2. The van der Waals surface area contributed by atoms with Crippen LogP contribution in [0.3, 0.4) is 0 Å². The van der Waals surface area contributed by atoms with Crippen LogP contribution in [-0.2, 0) is 34.1 Å². The first-order valence-corrected chi connectivity index (χ1v) is 9.53. The van der Waals surface area contributed by atoms with Gasteiger partial charge in [0.15, 0.2) is 4.46 Å². The van der Waals surface area contributed by atoms with Gasteiger partial charge in [0, 0.05) is 52.4 Å². The number of fused-ring (bicyclic) bond motifs is 3. The van der Waals surface area contributed by atoms with Gasteiger partial charge < -0.3 is 4.90 Å². The quantitative estimate of drug-likeness (QED) is 0.347. The summed E-state index contributed by atoms with van der Waals surface area (Å²) < 4.78 is -0.947. The van der Waals surface area contributed by atoms with E-state index in [1.54, 1.807) is 0 Å². The van der Waals surface area contributed by atoms with Crippen LogP contribution in [-0.4, -0.2) is 90.5 Å². The summed E-state index contributed by atoms with van der Waals surface area (Å²) in [4.78, 5) is 9.47. The van der Waals surface area contributed by atoms with Crippen LogP contribution in [0, 0.1) is 0 Å². The predicted octanol–water partition coefficient (Wildman–Crippen LogP) is 2.35. The number of hydrogen-bond acceptors (Lipinski definition) is 4. The minimum absolute atomic E-state index is 0. The van der Waals surface area contributed by atoms with E-state index in [0.29, 0.717) is 0 Å². The van der Waals surface area contributed by atoms with Crippen molar-refractivity contribution in [2.75, 3.05) is 66.5 Å². The summed E-state index contributed by atoms with van der Waals surface area (Å²) in [6, 6.07) is 10.4. The van der Waals surface area contributed by atoms with Crippen LogP contribution < -0.4 is 0 Å². The SMILES string of the molecule is CN1CCN2CCN(C)C(c3ccccc3)C(Cl)(Cl)N(CC1)CC2.[Mn+2].[Mn+2]. The van der Waals surface area contributed by atoms with Crippen molar-refractivity contribution in [3.63, 3.8) is 0 Å². The van der Waals surface area contributed by atoms with Gasteiger partial charge in [-0.05, 0) is 19.7 Å². The molecule has 1 aromatic rings. The Balaban J connectivity index is 0.00000169. The van der Waals surface area contributed by atoms with Crippen LogP contribution in [0.15, 0.2) is 30.3 Å². The van der Waals surface area contributed by atoms with Crippen molar-refractivity contribution in [2.45, 2.75) is 10.5 Å². The number of halogens is 2. The maximum Gasteiger partial charge on any atom is 2.00 e. The number of benzene rings is 1. The van der Waals surface area contributed by atoms with E-state index in [1.807, 2.05) is 6.07 Å². The zero-order chi connectivity index (χ0) is 17.2. The Labute approximate surface area is 189 Å². The summed E-state index contributed by atoms with van der Waals surface area (Å²) in [6.45, 7) is 7.99. The fraction of sp³-hybridized carbons (Fsp3) is 0.667. The Morgan fingerprint density at radius 1 is 0.808 bits per heavy atom. The largest absolute Gasteiger partial charge is 2.00 e. The van der Waals surface area contributed by atoms with Crippen LogP contribution in [0.5, 0.6) is 0 Å². The van der Waals surface area contributed by atoms with Crippen molar-refractivity contribution in [2.24, 2.45) is 0 Å². The molecule has 2 heterocycles. The van der Waals surface area contributed by atoms with E-state index >= 15 is 0 Å². The molecule has 3 rings (SSSR count). The van der Waals surface area contributed by atoms with E-state index in [4.69, 9.17) is 23.2 Å². The van der Waals surface area contributed by atoms with Gasteiger partial charge in [0.2, 0.25) is 0 Å². The molecule has 1 aromatic carbocycles. The minimum atomic E-state index is -0.947. The Hall–Kier alpha value is 0.679. The van der Waals surface area contributed by atoms with Gasteiger partial charge in [-0.15, -0.1) is 0 Å². The van der Waals surface area contributed by atoms with Crippen molar-refractivity contribution in [1.29, 1.82) is 0 Å². The Morgan fingerprint density at radius 3 is 2.04 bits per heavy atom. The molecule has 2 aliphatic rings. The molecule has 0 spiro atoms. The fourth-order valence-electron chi connectivity index (χ4n) is 3.68. The second kappa shape index (κ2) is 11.0. The third kappa shape index (κ3) is 5.84. The number of alkyl halides is 2. The molecule has 8 heteroatoms. The molecule has 2 saturated heterocycles. The van der Waals surface area contributed by atoms with Crippen molar-refractivity contribution in [3.8, 4) is 0 Å². The third-order valence-electron chi connectivity index (χ3n) is 5.31. The minimum Gasteiger partial charge on any atom is -0.304 e. The molecule has 2 aliphatic heterocycles. The molecule has 144 valence electrons. The van der Waals surface area contributed by atoms with Gasteiger partial charge in [0.05, 0.1) is 6.04 Å². The molecule has 0 saturated carbocycles. The zero-order valence-corrected chi connectivity index (χ0v) is 19.3. The van der Waals surface area contributed by atoms with E-state index in [9.17, 15) is 0 Å². The van der Waals surface area contributed by atoms with E-state index in [0.717, 1.165) is 52.4 Å². The van der Waals surface area contributed by atoms with E-state index in [1.165, 1.54) is 5.56 Å². The van der Waals surface area contributed by atoms with E-state index in [-0.39, 0.29) is 40.2 Å².